The van der Waals surface area contributed by atoms with Gasteiger partial charge < -0.3 is 0 Å². The summed E-state index contributed by atoms with van der Waals surface area (Å²) in [7, 11) is 0. The summed E-state index contributed by atoms with van der Waals surface area (Å²) < 4.78 is 2.04. The van der Waals surface area contributed by atoms with E-state index in [4.69, 9.17) is 23.2 Å². The van der Waals surface area contributed by atoms with Crippen LogP contribution in [0.25, 0.3) is 0 Å². The molecule has 0 amide bonds. The van der Waals surface area contributed by atoms with Gasteiger partial charge in [0.1, 0.15) is 0 Å². The minimum Gasteiger partial charge on any atom is -0.268 e. The molecule has 3 atom stereocenters. The molecule has 3 unspecified atom stereocenters. The molecule has 0 bridgehead atoms. The monoisotopic (exact) mass is 302 g/mol. The van der Waals surface area contributed by atoms with Crippen LogP contribution in [0.5, 0.6) is 0 Å². The predicted molar refractivity (Wildman–Crippen MR) is 82.1 cm³/mol. The van der Waals surface area contributed by atoms with Crippen LogP contribution in [0, 0.1) is 18.8 Å². The van der Waals surface area contributed by atoms with Crippen molar-refractivity contribution in [2.24, 2.45) is 11.8 Å². The van der Waals surface area contributed by atoms with Gasteiger partial charge in [-0.15, -0.1) is 11.6 Å². The van der Waals surface area contributed by atoms with E-state index in [9.17, 15) is 0 Å². The van der Waals surface area contributed by atoms with E-state index in [1.807, 2.05) is 11.6 Å². The highest BCUT2D eigenvalue weighted by molar-refractivity contribution is 6.31. The van der Waals surface area contributed by atoms with Crippen molar-refractivity contribution in [1.82, 2.24) is 9.78 Å². The summed E-state index contributed by atoms with van der Waals surface area (Å²) in [4.78, 5) is 0. The SMILES string of the molecule is CCC1CCC(Cl)C(Cc2c(Cl)c(C)nn2CC)C1. The van der Waals surface area contributed by atoms with Crippen molar-refractivity contribution < 1.29 is 0 Å². The Kier molecular flexibility index (Phi) is 5.19. The van der Waals surface area contributed by atoms with Gasteiger partial charge in [-0.2, -0.15) is 5.10 Å². The van der Waals surface area contributed by atoms with Crippen LogP contribution in [0.3, 0.4) is 0 Å². The Morgan fingerprint density at radius 1 is 1.32 bits per heavy atom. The molecule has 1 aromatic rings. The first-order valence-corrected chi connectivity index (χ1v) is 8.24. The number of alkyl halides is 1. The average molecular weight is 303 g/mol. The van der Waals surface area contributed by atoms with Gasteiger partial charge in [-0.25, -0.2) is 0 Å². The molecule has 1 aromatic heterocycles. The normalized spacial score (nSPS) is 27.7. The third kappa shape index (κ3) is 3.28. The smallest absolute Gasteiger partial charge is 0.0847 e. The Morgan fingerprint density at radius 3 is 2.68 bits per heavy atom. The zero-order valence-corrected chi connectivity index (χ0v) is 13.6. The topological polar surface area (TPSA) is 17.8 Å². The van der Waals surface area contributed by atoms with Gasteiger partial charge in [0.05, 0.1) is 16.4 Å². The lowest BCUT2D eigenvalue weighted by atomic mass is 9.78. The molecule has 1 saturated carbocycles. The molecule has 2 nitrogen and oxygen atoms in total. The number of aryl methyl sites for hydroxylation is 2. The molecule has 2 rings (SSSR count). The van der Waals surface area contributed by atoms with Crippen molar-refractivity contribution in [3.8, 4) is 0 Å². The second-order valence-corrected chi connectivity index (χ2v) is 6.67. The zero-order chi connectivity index (χ0) is 14.0. The van der Waals surface area contributed by atoms with Gasteiger partial charge in [-0.05, 0) is 51.4 Å². The molecule has 0 spiro atoms. The molecule has 0 aliphatic heterocycles. The maximum atomic E-state index is 6.54. The first kappa shape index (κ1) is 15.2. The summed E-state index contributed by atoms with van der Waals surface area (Å²) >= 11 is 12.9. The molecule has 1 aliphatic carbocycles. The fourth-order valence-electron chi connectivity index (χ4n) is 3.22. The summed E-state index contributed by atoms with van der Waals surface area (Å²) in [6.45, 7) is 7.25. The van der Waals surface area contributed by atoms with Crippen LogP contribution in [-0.2, 0) is 13.0 Å². The standard InChI is InChI=1S/C15H24Cl2N2/c1-4-11-6-7-13(16)12(8-11)9-14-15(17)10(3)18-19(14)5-2/h11-13H,4-9H2,1-3H3. The van der Waals surface area contributed by atoms with E-state index in [0.717, 1.165) is 36.0 Å². The third-order valence-electron chi connectivity index (χ3n) is 4.48. The van der Waals surface area contributed by atoms with Crippen LogP contribution in [0.1, 0.15) is 50.9 Å². The summed E-state index contributed by atoms with van der Waals surface area (Å²) in [6.07, 6.45) is 5.88. The van der Waals surface area contributed by atoms with Crippen LogP contribution < -0.4 is 0 Å². The Bertz CT molecular complexity index is 428. The van der Waals surface area contributed by atoms with Crippen LogP contribution in [0.2, 0.25) is 5.02 Å². The minimum absolute atomic E-state index is 0.291. The van der Waals surface area contributed by atoms with Gasteiger partial charge in [0.15, 0.2) is 0 Å². The predicted octanol–water partition coefficient (Wildman–Crippen LogP) is 4.84. The van der Waals surface area contributed by atoms with Gasteiger partial charge in [-0.3, -0.25) is 4.68 Å². The van der Waals surface area contributed by atoms with Crippen molar-refractivity contribution in [2.45, 2.75) is 64.8 Å². The molecule has 0 saturated heterocycles. The zero-order valence-electron chi connectivity index (χ0n) is 12.1. The molecule has 1 aliphatic rings. The second kappa shape index (κ2) is 6.49. The Hall–Kier alpha value is -0.210. The van der Waals surface area contributed by atoms with Gasteiger partial charge in [0.2, 0.25) is 0 Å². The van der Waals surface area contributed by atoms with Crippen molar-refractivity contribution in [3.05, 3.63) is 16.4 Å². The Morgan fingerprint density at radius 2 is 2.05 bits per heavy atom. The number of hydrogen-bond donors (Lipinski definition) is 0. The van der Waals surface area contributed by atoms with E-state index < -0.39 is 0 Å². The van der Waals surface area contributed by atoms with Crippen LogP contribution in [-0.4, -0.2) is 15.2 Å². The lowest BCUT2D eigenvalue weighted by molar-refractivity contribution is 0.261. The summed E-state index contributed by atoms with van der Waals surface area (Å²) in [5.74, 6) is 1.37. The molecule has 1 heterocycles. The van der Waals surface area contributed by atoms with Crippen molar-refractivity contribution in [2.75, 3.05) is 0 Å². The maximum absolute atomic E-state index is 6.54. The van der Waals surface area contributed by atoms with Gasteiger partial charge in [0, 0.05) is 11.9 Å². The highest BCUT2D eigenvalue weighted by Gasteiger charge is 2.30. The number of rotatable bonds is 4. The number of nitrogens with zero attached hydrogens (tertiary/aromatic N) is 2. The molecule has 0 aromatic carbocycles. The molecular weight excluding hydrogens is 279 g/mol. The van der Waals surface area contributed by atoms with E-state index in [-0.39, 0.29) is 0 Å². The number of aromatic nitrogens is 2. The van der Waals surface area contributed by atoms with Crippen LogP contribution >= 0.6 is 23.2 Å². The summed E-state index contributed by atoms with van der Waals surface area (Å²) in [6, 6.07) is 0. The maximum Gasteiger partial charge on any atom is 0.0847 e. The van der Waals surface area contributed by atoms with E-state index in [0.29, 0.717) is 11.3 Å². The van der Waals surface area contributed by atoms with Crippen molar-refractivity contribution in [1.29, 1.82) is 0 Å². The molecule has 4 heteroatoms. The van der Waals surface area contributed by atoms with E-state index in [1.54, 1.807) is 0 Å². The largest absolute Gasteiger partial charge is 0.268 e. The van der Waals surface area contributed by atoms with Crippen LogP contribution in [0.15, 0.2) is 0 Å². The van der Waals surface area contributed by atoms with Gasteiger partial charge in [0.25, 0.3) is 0 Å². The first-order chi connectivity index (χ1) is 9.06. The van der Waals surface area contributed by atoms with Gasteiger partial charge >= 0.3 is 0 Å². The molecule has 108 valence electrons. The number of hydrogen-bond acceptors (Lipinski definition) is 1. The second-order valence-electron chi connectivity index (χ2n) is 5.73. The van der Waals surface area contributed by atoms with E-state index in [1.165, 1.54) is 25.0 Å². The Balaban J connectivity index is 2.15. The first-order valence-electron chi connectivity index (χ1n) is 7.42. The quantitative estimate of drug-likeness (QED) is 0.728. The number of halogens is 2. The lowest BCUT2D eigenvalue weighted by Crippen LogP contribution is -2.27. The van der Waals surface area contributed by atoms with Crippen LogP contribution in [0.4, 0.5) is 0 Å². The van der Waals surface area contributed by atoms with E-state index >= 15 is 0 Å². The fourth-order valence-corrected chi connectivity index (χ4v) is 3.75. The molecule has 0 N–H and O–H groups in total. The highest BCUT2D eigenvalue weighted by Crippen LogP contribution is 2.37. The molecule has 0 radical (unpaired) electrons. The molecular formula is C15H24Cl2N2. The van der Waals surface area contributed by atoms with E-state index in [2.05, 4.69) is 18.9 Å². The summed E-state index contributed by atoms with van der Waals surface area (Å²) in [5.41, 5.74) is 2.11. The molecule has 1 fully saturated rings. The minimum atomic E-state index is 0.291. The summed E-state index contributed by atoms with van der Waals surface area (Å²) in [5, 5.41) is 5.63. The average Bonchev–Trinajstić information content (AvgIpc) is 2.68. The third-order valence-corrected chi connectivity index (χ3v) is 5.55. The van der Waals surface area contributed by atoms with Crippen molar-refractivity contribution in [3.63, 3.8) is 0 Å². The van der Waals surface area contributed by atoms with Gasteiger partial charge in [-0.1, -0.05) is 24.9 Å². The van der Waals surface area contributed by atoms with Crippen molar-refractivity contribution >= 4 is 23.2 Å². The Labute approximate surface area is 126 Å². The lowest BCUT2D eigenvalue weighted by Gasteiger charge is -2.32. The molecule has 19 heavy (non-hydrogen) atoms. The highest BCUT2D eigenvalue weighted by atomic mass is 35.5. The fraction of sp³-hybridized carbons (Fsp3) is 0.800.